The van der Waals surface area contributed by atoms with E-state index in [-0.39, 0.29) is 18.6 Å². The average Bonchev–Trinajstić information content (AvgIpc) is 3.16. The second kappa shape index (κ2) is 9.89. The van der Waals surface area contributed by atoms with Crippen LogP contribution >= 0.6 is 11.3 Å². The van der Waals surface area contributed by atoms with Gasteiger partial charge in [-0.15, -0.1) is 11.3 Å². The summed E-state index contributed by atoms with van der Waals surface area (Å²) in [7, 11) is 1.66. The van der Waals surface area contributed by atoms with E-state index >= 15 is 0 Å². The summed E-state index contributed by atoms with van der Waals surface area (Å²) in [5.41, 5.74) is 3.51. The number of hydrogen-bond acceptors (Lipinski definition) is 6. The van der Waals surface area contributed by atoms with Crippen LogP contribution in [0, 0.1) is 0 Å². The van der Waals surface area contributed by atoms with Crippen LogP contribution in [0.25, 0.3) is 10.4 Å². The van der Waals surface area contributed by atoms with Crippen LogP contribution in [0.5, 0.6) is 5.75 Å². The van der Waals surface area contributed by atoms with Gasteiger partial charge in [0.1, 0.15) is 10.6 Å². The van der Waals surface area contributed by atoms with Crippen molar-refractivity contribution in [3.63, 3.8) is 0 Å². The lowest BCUT2D eigenvalue weighted by Crippen LogP contribution is -2.30. The minimum absolute atomic E-state index is 0.178. The maximum Gasteiger partial charge on any atom is 0.348 e. The third-order valence-corrected chi connectivity index (χ3v) is 5.85. The number of fused-ring (bicyclic) bond motifs is 3. The molecule has 0 saturated heterocycles. The first kappa shape index (κ1) is 21.3. The molecule has 6 nitrogen and oxygen atoms in total. The highest BCUT2D eigenvalue weighted by Crippen LogP contribution is 2.40. The molecule has 1 amide bonds. The molecule has 0 unspecified atom stereocenters. The molecule has 0 bridgehead atoms. The molecule has 1 aromatic carbocycles. The Balaban J connectivity index is 1.52. The molecule has 156 valence electrons. The quantitative estimate of drug-likeness (QED) is 0.498. The molecule has 2 aromatic rings. The van der Waals surface area contributed by atoms with Gasteiger partial charge in [-0.05, 0) is 74.1 Å². The first-order chi connectivity index (χ1) is 14.0. The highest BCUT2D eigenvalue weighted by atomic mass is 32.1. The summed E-state index contributed by atoms with van der Waals surface area (Å²) >= 11 is 1.41. The van der Waals surface area contributed by atoms with E-state index < -0.39 is 5.97 Å². The van der Waals surface area contributed by atoms with Gasteiger partial charge >= 0.3 is 5.97 Å². The summed E-state index contributed by atoms with van der Waals surface area (Å²) in [4.78, 5) is 25.9. The lowest BCUT2D eigenvalue weighted by atomic mass is 9.91. The monoisotopic (exact) mass is 417 g/mol. The number of hydrogen-bond donors (Lipinski definition) is 1. The van der Waals surface area contributed by atoms with Crippen LogP contribution in [0.1, 0.15) is 41.1 Å². The number of carbonyl (C=O) groups is 2. The van der Waals surface area contributed by atoms with E-state index in [0.29, 0.717) is 18.0 Å². The number of amides is 1. The van der Waals surface area contributed by atoms with Crippen molar-refractivity contribution in [2.75, 3.05) is 26.9 Å². The zero-order chi connectivity index (χ0) is 20.8. The molecule has 1 heterocycles. The molecule has 1 aliphatic carbocycles. The van der Waals surface area contributed by atoms with Crippen LogP contribution in [0.15, 0.2) is 24.3 Å². The molecule has 7 heteroatoms. The van der Waals surface area contributed by atoms with E-state index in [4.69, 9.17) is 14.2 Å². The molecule has 0 saturated carbocycles. The van der Waals surface area contributed by atoms with Crippen LogP contribution < -0.4 is 10.1 Å². The fourth-order valence-corrected chi connectivity index (χ4v) is 4.37. The Labute approximate surface area is 175 Å². The van der Waals surface area contributed by atoms with Gasteiger partial charge in [0.05, 0.1) is 13.2 Å². The predicted octanol–water partition coefficient (Wildman–Crippen LogP) is 3.61. The number of rotatable bonds is 9. The van der Waals surface area contributed by atoms with Crippen LogP contribution in [0.3, 0.4) is 0 Å². The standard InChI is InChI=1S/C22H27NO5S/c1-14(2)27-10-4-9-23-20(24)13-28-22(25)19-12-16-6-5-15-11-17(26-3)7-8-18(15)21(16)29-19/h7-8,11-12,14H,4-6,9-10,13H2,1-3H3,(H,23,24). The Morgan fingerprint density at radius 1 is 1.17 bits per heavy atom. The smallest absolute Gasteiger partial charge is 0.348 e. The van der Waals surface area contributed by atoms with Crippen molar-refractivity contribution in [3.8, 4) is 16.2 Å². The second-order valence-electron chi connectivity index (χ2n) is 7.19. The number of aryl methyl sites for hydroxylation is 2. The number of ether oxygens (including phenoxy) is 3. The lowest BCUT2D eigenvalue weighted by Gasteiger charge is -2.16. The Morgan fingerprint density at radius 3 is 2.72 bits per heavy atom. The van der Waals surface area contributed by atoms with Crippen molar-refractivity contribution in [2.45, 2.75) is 39.2 Å². The van der Waals surface area contributed by atoms with Crippen molar-refractivity contribution >= 4 is 23.2 Å². The average molecular weight is 418 g/mol. The van der Waals surface area contributed by atoms with E-state index in [1.165, 1.54) is 16.9 Å². The Bertz CT molecular complexity index is 874. The summed E-state index contributed by atoms with van der Waals surface area (Å²) in [6, 6.07) is 7.90. The molecule has 0 aliphatic heterocycles. The van der Waals surface area contributed by atoms with Crippen LogP contribution in [-0.2, 0) is 27.1 Å². The van der Waals surface area contributed by atoms with Gasteiger partial charge in [0.25, 0.3) is 5.91 Å². The van der Waals surface area contributed by atoms with E-state index in [1.54, 1.807) is 7.11 Å². The Kier molecular flexibility index (Phi) is 7.28. The molecular formula is C22H27NO5S. The van der Waals surface area contributed by atoms with Gasteiger partial charge in [0, 0.05) is 18.0 Å². The fourth-order valence-electron chi connectivity index (χ4n) is 3.21. The van der Waals surface area contributed by atoms with Gasteiger partial charge in [0.2, 0.25) is 0 Å². The lowest BCUT2D eigenvalue weighted by molar-refractivity contribution is -0.124. The minimum Gasteiger partial charge on any atom is -0.497 e. The molecule has 3 rings (SSSR count). The van der Waals surface area contributed by atoms with Crippen LogP contribution in [0.4, 0.5) is 0 Å². The van der Waals surface area contributed by atoms with Crippen molar-refractivity contribution in [2.24, 2.45) is 0 Å². The molecule has 0 fully saturated rings. The molecule has 0 radical (unpaired) electrons. The van der Waals surface area contributed by atoms with Crippen molar-refractivity contribution in [1.29, 1.82) is 0 Å². The van der Waals surface area contributed by atoms with Gasteiger partial charge in [-0.1, -0.05) is 0 Å². The van der Waals surface area contributed by atoms with Gasteiger partial charge in [-0.2, -0.15) is 0 Å². The molecule has 1 aromatic heterocycles. The number of methoxy groups -OCH3 is 1. The van der Waals surface area contributed by atoms with Crippen molar-refractivity contribution in [1.82, 2.24) is 5.32 Å². The topological polar surface area (TPSA) is 73.9 Å². The second-order valence-corrected chi connectivity index (χ2v) is 8.24. The van der Waals surface area contributed by atoms with Gasteiger partial charge in [0.15, 0.2) is 6.61 Å². The van der Waals surface area contributed by atoms with E-state index in [0.717, 1.165) is 41.0 Å². The van der Waals surface area contributed by atoms with Crippen LogP contribution in [-0.4, -0.2) is 44.8 Å². The summed E-state index contributed by atoms with van der Waals surface area (Å²) in [6.07, 6.45) is 2.68. The Hall–Kier alpha value is -2.38. The third kappa shape index (κ3) is 5.58. The number of carbonyl (C=O) groups excluding carboxylic acids is 2. The van der Waals surface area contributed by atoms with Crippen molar-refractivity contribution in [3.05, 3.63) is 40.3 Å². The fraction of sp³-hybridized carbons (Fsp3) is 0.455. The summed E-state index contributed by atoms with van der Waals surface area (Å²) in [6.45, 7) is 4.74. The number of benzene rings is 1. The highest BCUT2D eigenvalue weighted by molar-refractivity contribution is 7.17. The zero-order valence-corrected chi connectivity index (χ0v) is 17.9. The van der Waals surface area contributed by atoms with Crippen molar-refractivity contribution < 1.29 is 23.8 Å². The maximum absolute atomic E-state index is 12.4. The van der Waals surface area contributed by atoms with Gasteiger partial charge in [-0.25, -0.2) is 4.79 Å². The van der Waals surface area contributed by atoms with E-state index in [9.17, 15) is 9.59 Å². The molecular weight excluding hydrogens is 390 g/mol. The molecule has 0 atom stereocenters. The first-order valence-electron chi connectivity index (χ1n) is 9.83. The summed E-state index contributed by atoms with van der Waals surface area (Å²) in [5, 5.41) is 2.73. The summed E-state index contributed by atoms with van der Waals surface area (Å²) in [5.74, 6) is 0.0737. The SMILES string of the molecule is COc1ccc2c(c1)CCc1cc(C(=O)OCC(=O)NCCCOC(C)C)sc1-2. The normalized spacial score (nSPS) is 12.3. The van der Waals surface area contributed by atoms with Gasteiger partial charge < -0.3 is 19.5 Å². The van der Waals surface area contributed by atoms with Gasteiger partial charge in [-0.3, -0.25) is 4.79 Å². The number of esters is 1. The van der Waals surface area contributed by atoms with E-state index in [2.05, 4.69) is 5.32 Å². The first-order valence-corrected chi connectivity index (χ1v) is 10.6. The molecule has 1 aliphatic rings. The highest BCUT2D eigenvalue weighted by Gasteiger charge is 2.23. The number of thiophene rings is 1. The summed E-state index contributed by atoms with van der Waals surface area (Å²) < 4.78 is 15.9. The number of nitrogens with one attached hydrogen (secondary N) is 1. The molecule has 29 heavy (non-hydrogen) atoms. The largest absolute Gasteiger partial charge is 0.497 e. The minimum atomic E-state index is -0.460. The molecule has 0 spiro atoms. The zero-order valence-electron chi connectivity index (χ0n) is 17.1. The predicted molar refractivity (Wildman–Crippen MR) is 113 cm³/mol. The van der Waals surface area contributed by atoms with E-state index in [1.807, 2.05) is 38.1 Å². The molecule has 1 N–H and O–H groups in total. The maximum atomic E-state index is 12.4. The Morgan fingerprint density at radius 2 is 1.97 bits per heavy atom. The third-order valence-electron chi connectivity index (χ3n) is 4.66. The van der Waals surface area contributed by atoms with Crippen LogP contribution in [0.2, 0.25) is 0 Å².